The molecule has 0 spiro atoms. The highest BCUT2D eigenvalue weighted by molar-refractivity contribution is 7.92. The van der Waals surface area contributed by atoms with E-state index in [4.69, 9.17) is 16.6 Å². The summed E-state index contributed by atoms with van der Waals surface area (Å²) in [6, 6.07) is 18.4. The van der Waals surface area contributed by atoms with Gasteiger partial charge in [0, 0.05) is 31.0 Å². The Hall–Kier alpha value is -6.21. The minimum Gasteiger partial charge on any atom is -0.344 e. The molecule has 3 atom stereocenters. The molecule has 3 aromatic heterocycles. The van der Waals surface area contributed by atoms with E-state index >= 15 is 8.78 Å². The van der Waals surface area contributed by atoms with Crippen LogP contribution in [0.4, 0.5) is 32.2 Å². The third kappa shape index (κ3) is 7.35. The van der Waals surface area contributed by atoms with Crippen molar-refractivity contribution in [1.29, 1.82) is 0 Å². The number of hydrogen-bond donors (Lipinski definition) is 2. The van der Waals surface area contributed by atoms with Crippen LogP contribution >= 0.6 is 11.6 Å². The summed E-state index contributed by atoms with van der Waals surface area (Å²) < 4.78 is 119. The molecular weight excluding hydrogens is 862 g/mol. The second-order valence-corrected chi connectivity index (χ2v) is 17.7. The van der Waals surface area contributed by atoms with Gasteiger partial charge in [-0.2, -0.15) is 19.0 Å². The molecule has 20 heteroatoms. The van der Waals surface area contributed by atoms with Gasteiger partial charge in [-0.05, 0) is 71.8 Å². The Morgan fingerprint density at radius 3 is 2.39 bits per heavy atom. The Labute approximate surface area is 353 Å². The minimum absolute atomic E-state index is 0.00252. The lowest BCUT2D eigenvalue weighted by atomic mass is 10.0. The van der Waals surface area contributed by atoms with Crippen LogP contribution in [0.5, 0.6) is 0 Å². The van der Waals surface area contributed by atoms with Gasteiger partial charge in [0.25, 0.3) is 17.9 Å². The van der Waals surface area contributed by atoms with Crippen LogP contribution in [0.1, 0.15) is 64.3 Å². The molecule has 12 nitrogen and oxygen atoms in total. The average Bonchev–Trinajstić information content (AvgIpc) is 3.73. The Morgan fingerprint density at radius 2 is 1.69 bits per heavy atom. The second kappa shape index (κ2) is 15.0. The summed E-state index contributed by atoms with van der Waals surface area (Å²) in [6.07, 6.45) is -2.29. The summed E-state index contributed by atoms with van der Waals surface area (Å²) in [4.78, 5) is 34.0. The third-order valence-electron chi connectivity index (χ3n) is 11.1. The Morgan fingerprint density at radius 1 is 0.968 bits per heavy atom. The van der Waals surface area contributed by atoms with Crippen molar-refractivity contribution >= 4 is 55.2 Å². The number of benzene rings is 4. The molecule has 1 fully saturated rings. The predicted octanol–water partition coefficient (Wildman–Crippen LogP) is 7.61. The average molecular weight is 895 g/mol. The van der Waals surface area contributed by atoms with Gasteiger partial charge in [-0.15, -0.1) is 0 Å². The Balaban J connectivity index is 1.24. The van der Waals surface area contributed by atoms with Crippen molar-refractivity contribution in [3.05, 3.63) is 145 Å². The van der Waals surface area contributed by atoms with Crippen molar-refractivity contribution in [2.75, 3.05) is 11.0 Å². The van der Waals surface area contributed by atoms with Crippen LogP contribution < -0.4 is 15.6 Å². The lowest BCUT2D eigenvalue weighted by Crippen LogP contribution is -2.38. The first-order valence-corrected chi connectivity index (χ1v) is 21.4. The van der Waals surface area contributed by atoms with Crippen LogP contribution in [0.2, 0.25) is 5.02 Å². The van der Waals surface area contributed by atoms with E-state index in [0.29, 0.717) is 17.2 Å². The maximum atomic E-state index is 15.5. The number of carbonyl (C=O) groups is 1. The molecule has 4 aromatic carbocycles. The zero-order valence-corrected chi connectivity index (χ0v) is 34.1. The minimum atomic E-state index is -3.90. The molecule has 2 aliphatic carbocycles. The van der Waals surface area contributed by atoms with E-state index in [1.807, 2.05) is 30.3 Å². The number of anilines is 1. The van der Waals surface area contributed by atoms with Crippen LogP contribution in [0.3, 0.4) is 0 Å². The summed E-state index contributed by atoms with van der Waals surface area (Å²) in [5, 5.41) is 11.0. The first-order valence-electron chi connectivity index (χ1n) is 19.1. The van der Waals surface area contributed by atoms with Gasteiger partial charge in [0.15, 0.2) is 5.82 Å². The normalized spacial score (nSPS) is 17.1. The molecule has 2 aliphatic rings. The van der Waals surface area contributed by atoms with Crippen molar-refractivity contribution in [3.63, 3.8) is 0 Å². The monoisotopic (exact) mass is 894 g/mol. The van der Waals surface area contributed by atoms with E-state index in [1.54, 1.807) is 18.2 Å². The number of nitrogens with zero attached hydrogens (tertiary/aromatic N) is 6. The van der Waals surface area contributed by atoms with Gasteiger partial charge in [0.2, 0.25) is 15.9 Å². The fourth-order valence-corrected chi connectivity index (χ4v) is 9.30. The fraction of sp³-hybridized carbons (Fsp3) is 0.262. The van der Waals surface area contributed by atoms with Crippen LogP contribution in [0, 0.1) is 17.6 Å². The number of nitrogens with one attached hydrogen (secondary N) is 2. The molecule has 1 amide bonds. The zero-order chi connectivity index (χ0) is 44.0. The van der Waals surface area contributed by atoms with E-state index in [0.717, 1.165) is 34.1 Å². The van der Waals surface area contributed by atoms with Crippen molar-refractivity contribution in [2.24, 2.45) is 13.0 Å². The number of carbonyl (C=O) groups excluding carboxylic acids is 1. The van der Waals surface area contributed by atoms with Gasteiger partial charge in [0.05, 0.1) is 44.8 Å². The van der Waals surface area contributed by atoms with Gasteiger partial charge < -0.3 is 5.32 Å². The van der Waals surface area contributed by atoms with E-state index < -0.39 is 87.7 Å². The largest absolute Gasteiger partial charge is 0.344 e. The molecule has 0 radical (unpaired) electrons. The highest BCUT2D eigenvalue weighted by Crippen LogP contribution is 2.68. The number of sulfonamides is 1. The third-order valence-corrected chi connectivity index (χ3v) is 12.0. The van der Waals surface area contributed by atoms with Crippen LogP contribution in [0.15, 0.2) is 83.7 Å². The molecule has 0 unspecified atom stereocenters. The highest BCUT2D eigenvalue weighted by Gasteiger charge is 2.67. The van der Waals surface area contributed by atoms with Gasteiger partial charge in [-0.25, -0.2) is 31.0 Å². The molecule has 9 rings (SSSR count). The topological polar surface area (TPSA) is 146 Å². The number of aromatic nitrogens is 6. The Bertz CT molecular complexity index is 3140. The number of amides is 1. The lowest BCUT2D eigenvalue weighted by Gasteiger charge is -2.24. The number of hydrogen-bond acceptors (Lipinski definition) is 7. The molecule has 0 aliphatic heterocycles. The van der Waals surface area contributed by atoms with E-state index in [-0.39, 0.29) is 61.7 Å². The van der Waals surface area contributed by atoms with Gasteiger partial charge >= 0.3 is 0 Å². The van der Waals surface area contributed by atoms with Crippen LogP contribution in [-0.2, 0) is 47.2 Å². The molecular formula is C42H33ClF6N8O4S. The van der Waals surface area contributed by atoms with Gasteiger partial charge in [-0.3, -0.25) is 28.2 Å². The molecule has 0 bridgehead atoms. The summed E-state index contributed by atoms with van der Waals surface area (Å²) in [6.45, 7) is -0.968. The van der Waals surface area contributed by atoms with Crippen LogP contribution in [-0.4, -0.2) is 49.7 Å². The SMILES string of the molecule is Cn1nc(NS(C)(=O)=O)c2c(Cl)ccc(-n3c([C@H](Cc4cc(F)cc(F)c4)NC(=O)Cn4nc(C(F)F)c5c4C(F)(F)[C@@H]4C[C@H]54)nc4cc(Cc5ccccc5)ccc4c3=O)c21. The molecule has 320 valence electrons. The number of alkyl halides is 4. The molecule has 3 heterocycles. The number of aryl methyl sites for hydroxylation is 1. The number of rotatable bonds is 12. The maximum Gasteiger partial charge on any atom is 0.293 e. The zero-order valence-electron chi connectivity index (χ0n) is 32.5. The van der Waals surface area contributed by atoms with E-state index in [9.17, 15) is 35.6 Å². The summed E-state index contributed by atoms with van der Waals surface area (Å²) in [5.41, 5.74) is -0.607. The molecule has 2 N–H and O–H groups in total. The Kier molecular flexibility index (Phi) is 9.96. The van der Waals surface area contributed by atoms with Crippen molar-refractivity contribution in [1.82, 2.24) is 34.4 Å². The molecule has 1 saturated carbocycles. The quantitative estimate of drug-likeness (QED) is 0.120. The number of halogens is 7. The van der Waals surface area contributed by atoms with Crippen molar-refractivity contribution < 1.29 is 39.6 Å². The smallest absolute Gasteiger partial charge is 0.293 e. The summed E-state index contributed by atoms with van der Waals surface area (Å²) in [5.74, 6) is -8.91. The van der Waals surface area contributed by atoms with Crippen LogP contribution in [0.25, 0.3) is 27.5 Å². The second-order valence-electron chi connectivity index (χ2n) is 15.5. The van der Waals surface area contributed by atoms with Gasteiger partial charge in [0.1, 0.15) is 35.4 Å². The summed E-state index contributed by atoms with van der Waals surface area (Å²) in [7, 11) is -2.43. The predicted molar refractivity (Wildman–Crippen MR) is 217 cm³/mol. The lowest BCUT2D eigenvalue weighted by molar-refractivity contribution is -0.123. The van der Waals surface area contributed by atoms with Crippen molar-refractivity contribution in [3.8, 4) is 5.69 Å². The molecule has 7 aromatic rings. The molecule has 62 heavy (non-hydrogen) atoms. The summed E-state index contributed by atoms with van der Waals surface area (Å²) >= 11 is 6.63. The first kappa shape index (κ1) is 41.2. The van der Waals surface area contributed by atoms with Gasteiger partial charge in [-0.1, -0.05) is 48.0 Å². The first-order chi connectivity index (χ1) is 29.4. The highest BCUT2D eigenvalue weighted by atomic mass is 35.5. The fourth-order valence-electron chi connectivity index (χ4n) is 8.57. The van der Waals surface area contributed by atoms with E-state index in [2.05, 4.69) is 20.2 Å². The number of fused-ring (bicyclic) bond motifs is 5. The van der Waals surface area contributed by atoms with Crippen molar-refractivity contribution in [2.45, 2.75) is 50.1 Å². The standard InChI is InChI=1S/C42H33ClF6N8O4S/c1-55-36-31(11-10-28(43)34(36)39(53-55)54-62(2,60)61)57-40(51-29-15-21(8-9-25(29)41(57)59)12-20-6-4-3-5-7-20)30(16-22-13-23(44)17-24(45)14-22)50-32(58)19-56-37-33(35(52-56)38(46)47)26-18-27(26)42(37,48)49/h3-11,13-15,17,26-27,30,38H,12,16,18-19H2,1-2H3,(H,50,58)(H,53,54)/t26-,27+,30-/m0/s1. The van der Waals surface area contributed by atoms with E-state index in [1.165, 1.54) is 23.9 Å². The maximum absolute atomic E-state index is 15.5. The molecule has 0 saturated heterocycles.